The van der Waals surface area contributed by atoms with Gasteiger partial charge >= 0.3 is 0 Å². The summed E-state index contributed by atoms with van der Waals surface area (Å²) in [5, 5.41) is 2.57. The Hall–Kier alpha value is -2.10. The van der Waals surface area contributed by atoms with Crippen LogP contribution in [-0.4, -0.2) is 36.3 Å². The van der Waals surface area contributed by atoms with E-state index in [-0.39, 0.29) is 17.9 Å². The number of carbonyl (C=O) groups excluding carboxylic acids is 2. The first-order valence-corrected chi connectivity index (χ1v) is 5.97. The molecule has 1 atom stereocenters. The maximum Gasteiger partial charge on any atom is 0.247 e. The Morgan fingerprint density at radius 1 is 1.33 bits per heavy atom. The number of nitrogens with one attached hydrogen (secondary N) is 1. The molecule has 18 heavy (non-hydrogen) atoms. The van der Waals surface area contributed by atoms with Crippen LogP contribution in [0.3, 0.4) is 0 Å². The van der Waals surface area contributed by atoms with E-state index >= 15 is 0 Å². The second kappa shape index (κ2) is 5.49. The molecule has 1 aliphatic rings. The lowest BCUT2D eigenvalue weighted by atomic mass is 10.0. The highest BCUT2D eigenvalue weighted by molar-refractivity contribution is 5.96. The fraction of sp³-hybridized carbons (Fsp3) is 0.286. The average molecular weight is 244 g/mol. The van der Waals surface area contributed by atoms with E-state index < -0.39 is 0 Å². The van der Waals surface area contributed by atoms with Crippen LogP contribution in [0, 0.1) is 0 Å². The Morgan fingerprint density at radius 3 is 2.61 bits per heavy atom. The Balaban J connectivity index is 1.97. The van der Waals surface area contributed by atoms with Gasteiger partial charge in [-0.2, -0.15) is 0 Å². The lowest BCUT2D eigenvalue weighted by Gasteiger charge is -2.38. The summed E-state index contributed by atoms with van der Waals surface area (Å²) < 4.78 is 0. The number of nitrogens with zero attached hydrogens (tertiary/aromatic N) is 1. The molecule has 94 valence electrons. The Bertz CT molecular complexity index is 468. The maximum absolute atomic E-state index is 11.9. The zero-order valence-corrected chi connectivity index (χ0v) is 10.3. The van der Waals surface area contributed by atoms with E-state index in [0.717, 1.165) is 12.0 Å². The molecule has 1 unspecified atom stereocenters. The predicted octanol–water partition coefficient (Wildman–Crippen LogP) is 1.05. The fourth-order valence-electron chi connectivity index (χ4n) is 1.92. The molecule has 1 saturated heterocycles. The first-order valence-electron chi connectivity index (χ1n) is 5.97. The van der Waals surface area contributed by atoms with Crippen LogP contribution in [0.5, 0.6) is 0 Å². The van der Waals surface area contributed by atoms with E-state index in [4.69, 9.17) is 0 Å². The minimum atomic E-state index is -0.303. The molecular weight excluding hydrogens is 228 g/mol. The largest absolute Gasteiger partial charge is 0.357 e. The van der Waals surface area contributed by atoms with Crippen molar-refractivity contribution in [2.24, 2.45) is 0 Å². The molecule has 4 heteroatoms. The van der Waals surface area contributed by atoms with Gasteiger partial charge in [-0.15, -0.1) is 0 Å². The summed E-state index contributed by atoms with van der Waals surface area (Å²) in [4.78, 5) is 24.9. The van der Waals surface area contributed by atoms with Crippen molar-refractivity contribution in [3.63, 3.8) is 0 Å². The second-order valence-corrected chi connectivity index (χ2v) is 4.19. The number of benzene rings is 1. The van der Waals surface area contributed by atoms with Gasteiger partial charge in [-0.25, -0.2) is 0 Å². The van der Waals surface area contributed by atoms with Crippen molar-refractivity contribution in [1.29, 1.82) is 0 Å². The van der Waals surface area contributed by atoms with Crippen molar-refractivity contribution in [2.75, 3.05) is 13.6 Å². The summed E-state index contributed by atoms with van der Waals surface area (Å²) in [6.07, 6.45) is 4.02. The van der Waals surface area contributed by atoms with Crippen molar-refractivity contribution < 1.29 is 9.59 Å². The molecule has 0 spiro atoms. The molecule has 0 aromatic heterocycles. The lowest BCUT2D eigenvalue weighted by molar-refractivity contribution is -0.143. The molecule has 1 N–H and O–H groups in total. The van der Waals surface area contributed by atoms with Crippen LogP contribution in [-0.2, 0) is 9.59 Å². The number of hydrogen-bond donors (Lipinski definition) is 1. The SMILES string of the molecule is CNC(=O)C1CCN1C(=O)/C=C/c1ccccc1. The summed E-state index contributed by atoms with van der Waals surface area (Å²) in [7, 11) is 1.59. The zero-order chi connectivity index (χ0) is 13.0. The third-order valence-corrected chi connectivity index (χ3v) is 3.07. The lowest BCUT2D eigenvalue weighted by Crippen LogP contribution is -2.57. The summed E-state index contributed by atoms with van der Waals surface area (Å²) in [6.45, 7) is 0.649. The quantitative estimate of drug-likeness (QED) is 0.808. The minimum absolute atomic E-state index is 0.0947. The molecule has 1 heterocycles. The van der Waals surface area contributed by atoms with Gasteiger partial charge in [0.25, 0.3) is 0 Å². The number of carbonyl (C=O) groups is 2. The van der Waals surface area contributed by atoms with Gasteiger partial charge in [0, 0.05) is 19.7 Å². The standard InChI is InChI=1S/C14H16N2O2/c1-15-14(18)12-9-10-16(12)13(17)8-7-11-5-3-2-4-6-11/h2-8,12H,9-10H2,1H3,(H,15,18)/b8-7+. The Kier molecular flexibility index (Phi) is 3.77. The van der Waals surface area contributed by atoms with E-state index in [2.05, 4.69) is 5.32 Å². The van der Waals surface area contributed by atoms with Crippen molar-refractivity contribution in [3.05, 3.63) is 42.0 Å². The van der Waals surface area contributed by atoms with Gasteiger partial charge in [-0.3, -0.25) is 9.59 Å². The molecule has 2 amide bonds. The van der Waals surface area contributed by atoms with Crippen LogP contribution in [0.15, 0.2) is 36.4 Å². The minimum Gasteiger partial charge on any atom is -0.357 e. The fourth-order valence-corrected chi connectivity index (χ4v) is 1.92. The number of rotatable bonds is 3. The van der Waals surface area contributed by atoms with E-state index in [1.54, 1.807) is 18.0 Å². The third kappa shape index (κ3) is 2.59. The molecule has 1 aliphatic heterocycles. The molecule has 4 nitrogen and oxygen atoms in total. The van der Waals surface area contributed by atoms with E-state index in [0.29, 0.717) is 6.54 Å². The normalized spacial score (nSPS) is 18.5. The Morgan fingerprint density at radius 2 is 2.06 bits per heavy atom. The number of likely N-dealkylation sites (N-methyl/N-ethyl adjacent to an activating group) is 1. The number of hydrogen-bond acceptors (Lipinski definition) is 2. The molecule has 1 fully saturated rings. The Labute approximate surface area is 106 Å². The molecule has 0 saturated carbocycles. The first-order chi connectivity index (χ1) is 8.72. The highest BCUT2D eigenvalue weighted by Crippen LogP contribution is 2.18. The summed E-state index contributed by atoms with van der Waals surface area (Å²) in [6, 6.07) is 9.31. The van der Waals surface area contributed by atoms with Crippen LogP contribution < -0.4 is 5.32 Å². The van der Waals surface area contributed by atoms with Crippen molar-refractivity contribution in [3.8, 4) is 0 Å². The first kappa shape index (κ1) is 12.4. The number of amides is 2. The van der Waals surface area contributed by atoms with E-state index in [1.807, 2.05) is 30.3 Å². The van der Waals surface area contributed by atoms with Gasteiger partial charge in [-0.1, -0.05) is 30.3 Å². The highest BCUT2D eigenvalue weighted by atomic mass is 16.2. The molecule has 0 aliphatic carbocycles. The number of likely N-dealkylation sites (tertiary alicyclic amines) is 1. The highest BCUT2D eigenvalue weighted by Gasteiger charge is 2.35. The van der Waals surface area contributed by atoms with Gasteiger partial charge in [0.2, 0.25) is 11.8 Å². The second-order valence-electron chi connectivity index (χ2n) is 4.19. The topological polar surface area (TPSA) is 49.4 Å². The van der Waals surface area contributed by atoms with Crippen molar-refractivity contribution in [1.82, 2.24) is 10.2 Å². The molecule has 0 radical (unpaired) electrons. The molecule has 1 aromatic carbocycles. The summed E-state index contributed by atoms with van der Waals surface area (Å²) in [5.41, 5.74) is 0.975. The van der Waals surface area contributed by atoms with E-state index in [9.17, 15) is 9.59 Å². The smallest absolute Gasteiger partial charge is 0.247 e. The molecular formula is C14H16N2O2. The molecule has 2 rings (SSSR count). The predicted molar refractivity (Wildman–Crippen MR) is 69.7 cm³/mol. The van der Waals surface area contributed by atoms with E-state index in [1.165, 1.54) is 6.08 Å². The third-order valence-electron chi connectivity index (χ3n) is 3.07. The van der Waals surface area contributed by atoms with Crippen LogP contribution in [0.1, 0.15) is 12.0 Å². The van der Waals surface area contributed by atoms with Gasteiger partial charge in [0.1, 0.15) is 6.04 Å². The summed E-state index contributed by atoms with van der Waals surface area (Å²) >= 11 is 0. The van der Waals surface area contributed by atoms with Gasteiger partial charge in [0.05, 0.1) is 0 Å². The van der Waals surface area contributed by atoms with Gasteiger partial charge in [0.15, 0.2) is 0 Å². The average Bonchev–Trinajstić information content (AvgIpc) is 2.36. The van der Waals surface area contributed by atoms with Crippen LogP contribution >= 0.6 is 0 Å². The van der Waals surface area contributed by atoms with Crippen LogP contribution in [0.2, 0.25) is 0 Å². The zero-order valence-electron chi connectivity index (χ0n) is 10.3. The van der Waals surface area contributed by atoms with Gasteiger partial charge in [-0.05, 0) is 18.1 Å². The maximum atomic E-state index is 11.9. The monoisotopic (exact) mass is 244 g/mol. The van der Waals surface area contributed by atoms with Crippen molar-refractivity contribution in [2.45, 2.75) is 12.5 Å². The summed E-state index contributed by atoms with van der Waals surface area (Å²) in [5.74, 6) is -0.207. The van der Waals surface area contributed by atoms with Crippen LogP contribution in [0.25, 0.3) is 6.08 Å². The van der Waals surface area contributed by atoms with Gasteiger partial charge < -0.3 is 10.2 Å². The van der Waals surface area contributed by atoms with Crippen LogP contribution in [0.4, 0.5) is 0 Å². The molecule has 1 aromatic rings. The molecule has 0 bridgehead atoms. The van der Waals surface area contributed by atoms with Crippen molar-refractivity contribution >= 4 is 17.9 Å².